The highest BCUT2D eigenvalue weighted by Gasteiger charge is 2.14. The molecule has 0 aliphatic heterocycles. The Bertz CT molecular complexity index is 691. The minimum atomic E-state index is -3.50. The van der Waals surface area contributed by atoms with Gasteiger partial charge in [-0.05, 0) is 19.1 Å². The molecule has 1 heterocycles. The Hall–Kier alpha value is -1.73. The van der Waals surface area contributed by atoms with Gasteiger partial charge in [0.25, 0.3) is 0 Å². The van der Waals surface area contributed by atoms with Gasteiger partial charge in [0.15, 0.2) is 0 Å². The lowest BCUT2D eigenvalue weighted by atomic mass is 10.2. The van der Waals surface area contributed by atoms with E-state index in [-0.39, 0.29) is 17.4 Å². The van der Waals surface area contributed by atoms with Crippen molar-refractivity contribution in [2.45, 2.75) is 38.0 Å². The molecule has 0 fully saturated rings. The summed E-state index contributed by atoms with van der Waals surface area (Å²) in [6.07, 6.45) is 0.366. The second-order valence-electron chi connectivity index (χ2n) is 5.15. The van der Waals surface area contributed by atoms with E-state index in [9.17, 15) is 8.42 Å². The smallest absolute Gasteiger partial charge is 0.240 e. The summed E-state index contributed by atoms with van der Waals surface area (Å²) in [5, 5.41) is 7.79. The molecule has 6 nitrogen and oxygen atoms in total. The Kier molecular flexibility index (Phi) is 4.74. The molecule has 21 heavy (non-hydrogen) atoms. The predicted octanol–water partition coefficient (Wildman–Crippen LogP) is 2.02. The van der Waals surface area contributed by atoms with Crippen LogP contribution in [0.25, 0.3) is 0 Å². The minimum Gasteiger partial charge on any atom is -0.425 e. The molecule has 1 aromatic heterocycles. The monoisotopic (exact) mass is 309 g/mol. The van der Waals surface area contributed by atoms with Crippen LogP contribution in [0.1, 0.15) is 37.1 Å². The van der Waals surface area contributed by atoms with E-state index in [1.807, 2.05) is 20.8 Å². The number of aryl methyl sites for hydroxylation is 1. The van der Waals surface area contributed by atoms with E-state index in [1.54, 1.807) is 24.3 Å². The molecule has 1 N–H and O–H groups in total. The number of rotatable bonds is 6. The third-order valence-corrected chi connectivity index (χ3v) is 4.42. The van der Waals surface area contributed by atoms with E-state index in [0.717, 1.165) is 5.56 Å². The highest BCUT2D eigenvalue weighted by Crippen LogP contribution is 2.12. The zero-order valence-corrected chi connectivity index (χ0v) is 13.1. The number of hydrogen-bond acceptors (Lipinski definition) is 5. The molecule has 0 aliphatic carbocycles. The van der Waals surface area contributed by atoms with Crippen LogP contribution in [0.15, 0.2) is 33.6 Å². The number of hydrogen-bond donors (Lipinski definition) is 1. The van der Waals surface area contributed by atoms with Crippen LogP contribution in [-0.2, 0) is 16.4 Å². The zero-order chi connectivity index (χ0) is 15.5. The van der Waals surface area contributed by atoms with Crippen LogP contribution in [0.5, 0.6) is 0 Å². The molecule has 0 aliphatic rings. The molecule has 114 valence electrons. The van der Waals surface area contributed by atoms with Gasteiger partial charge in [0, 0.05) is 18.9 Å². The molecule has 0 radical (unpaired) electrons. The van der Waals surface area contributed by atoms with Gasteiger partial charge in [-0.2, -0.15) is 0 Å². The first kappa shape index (κ1) is 15.7. The Morgan fingerprint density at radius 1 is 1.19 bits per heavy atom. The van der Waals surface area contributed by atoms with Crippen molar-refractivity contribution in [1.29, 1.82) is 0 Å². The van der Waals surface area contributed by atoms with E-state index in [2.05, 4.69) is 14.9 Å². The molecular weight excluding hydrogens is 290 g/mol. The fourth-order valence-electron chi connectivity index (χ4n) is 1.69. The lowest BCUT2D eigenvalue weighted by Crippen LogP contribution is -2.26. The van der Waals surface area contributed by atoms with E-state index < -0.39 is 10.0 Å². The summed E-state index contributed by atoms with van der Waals surface area (Å²) in [7, 11) is -3.50. The second kappa shape index (κ2) is 6.36. The first-order chi connectivity index (χ1) is 9.88. The van der Waals surface area contributed by atoms with Crippen LogP contribution in [0.2, 0.25) is 0 Å². The van der Waals surface area contributed by atoms with Crippen LogP contribution in [-0.4, -0.2) is 25.2 Å². The molecule has 1 aromatic carbocycles. The molecule has 0 amide bonds. The predicted molar refractivity (Wildman–Crippen MR) is 78.5 cm³/mol. The third-order valence-electron chi connectivity index (χ3n) is 2.94. The van der Waals surface area contributed by atoms with Crippen molar-refractivity contribution in [1.82, 2.24) is 14.9 Å². The number of nitrogens with one attached hydrogen (secondary N) is 1. The van der Waals surface area contributed by atoms with Crippen molar-refractivity contribution in [2.24, 2.45) is 0 Å². The Labute approximate surface area is 124 Å². The van der Waals surface area contributed by atoms with Gasteiger partial charge in [0.1, 0.15) is 0 Å². The largest absolute Gasteiger partial charge is 0.425 e. The van der Waals surface area contributed by atoms with E-state index in [4.69, 9.17) is 4.42 Å². The molecular formula is C14H19N3O3S. The molecule has 0 atom stereocenters. The first-order valence-electron chi connectivity index (χ1n) is 6.77. The number of nitrogens with zero attached hydrogens (tertiary/aromatic N) is 2. The molecule has 2 rings (SSSR count). The fraction of sp³-hybridized carbons (Fsp3) is 0.429. The van der Waals surface area contributed by atoms with Crippen molar-refractivity contribution in [2.75, 3.05) is 6.54 Å². The maximum atomic E-state index is 12.1. The standard InChI is InChI=1S/C14H19N3O3S/c1-10(2)14-17-16-13(20-14)8-9-15-21(18,19)12-6-4-11(3)5-7-12/h4-7,10,15H,8-9H2,1-3H3. The van der Waals surface area contributed by atoms with Gasteiger partial charge in [-0.15, -0.1) is 10.2 Å². The normalized spacial score (nSPS) is 12.0. The van der Waals surface area contributed by atoms with E-state index in [0.29, 0.717) is 18.2 Å². The molecule has 0 bridgehead atoms. The van der Waals surface area contributed by atoms with Crippen molar-refractivity contribution in [3.63, 3.8) is 0 Å². The van der Waals surface area contributed by atoms with Crippen LogP contribution < -0.4 is 4.72 Å². The Morgan fingerprint density at radius 3 is 2.43 bits per heavy atom. The highest BCUT2D eigenvalue weighted by molar-refractivity contribution is 7.89. The summed E-state index contributed by atoms with van der Waals surface area (Å²) in [5.74, 6) is 1.16. The molecule has 7 heteroatoms. The van der Waals surface area contributed by atoms with Gasteiger partial charge in [0.05, 0.1) is 4.90 Å². The van der Waals surface area contributed by atoms with Crippen molar-refractivity contribution < 1.29 is 12.8 Å². The summed E-state index contributed by atoms with van der Waals surface area (Å²) < 4.78 is 32.1. The SMILES string of the molecule is Cc1ccc(S(=O)(=O)NCCc2nnc(C(C)C)o2)cc1. The summed E-state index contributed by atoms with van der Waals surface area (Å²) in [6, 6.07) is 6.70. The lowest BCUT2D eigenvalue weighted by molar-refractivity contribution is 0.431. The summed E-state index contributed by atoms with van der Waals surface area (Å²) in [5.41, 5.74) is 1.01. The summed E-state index contributed by atoms with van der Waals surface area (Å²) >= 11 is 0. The van der Waals surface area contributed by atoms with E-state index >= 15 is 0 Å². The highest BCUT2D eigenvalue weighted by atomic mass is 32.2. The van der Waals surface area contributed by atoms with Crippen LogP contribution in [0, 0.1) is 6.92 Å². The van der Waals surface area contributed by atoms with Crippen molar-refractivity contribution in [3.8, 4) is 0 Å². The zero-order valence-electron chi connectivity index (χ0n) is 12.3. The Morgan fingerprint density at radius 2 is 1.86 bits per heavy atom. The van der Waals surface area contributed by atoms with Gasteiger partial charge in [-0.3, -0.25) is 0 Å². The molecule has 2 aromatic rings. The van der Waals surface area contributed by atoms with E-state index in [1.165, 1.54) is 0 Å². The molecule has 0 unspecified atom stereocenters. The summed E-state index contributed by atoms with van der Waals surface area (Å²) in [4.78, 5) is 0.251. The maximum Gasteiger partial charge on any atom is 0.240 e. The molecule has 0 saturated heterocycles. The number of aromatic nitrogens is 2. The molecule has 0 spiro atoms. The summed E-state index contributed by atoms with van der Waals surface area (Å²) in [6.45, 7) is 6.04. The lowest BCUT2D eigenvalue weighted by Gasteiger charge is -2.05. The minimum absolute atomic E-state index is 0.163. The number of sulfonamides is 1. The first-order valence-corrected chi connectivity index (χ1v) is 8.25. The van der Waals surface area contributed by atoms with Gasteiger partial charge >= 0.3 is 0 Å². The van der Waals surface area contributed by atoms with Gasteiger partial charge < -0.3 is 4.42 Å². The average Bonchev–Trinajstić information content (AvgIpc) is 2.88. The van der Waals surface area contributed by atoms with Crippen LogP contribution >= 0.6 is 0 Å². The second-order valence-corrected chi connectivity index (χ2v) is 6.92. The number of benzene rings is 1. The topological polar surface area (TPSA) is 85.1 Å². The van der Waals surface area contributed by atoms with Gasteiger partial charge in [0.2, 0.25) is 21.8 Å². The van der Waals surface area contributed by atoms with Crippen LogP contribution in [0.4, 0.5) is 0 Å². The molecule has 0 saturated carbocycles. The van der Waals surface area contributed by atoms with Crippen LogP contribution in [0.3, 0.4) is 0 Å². The average molecular weight is 309 g/mol. The quantitative estimate of drug-likeness (QED) is 0.882. The Balaban J connectivity index is 1.94. The van der Waals surface area contributed by atoms with Gasteiger partial charge in [-0.1, -0.05) is 31.5 Å². The van der Waals surface area contributed by atoms with Gasteiger partial charge in [-0.25, -0.2) is 13.1 Å². The van der Waals surface area contributed by atoms with Crippen molar-refractivity contribution >= 4 is 10.0 Å². The fourth-order valence-corrected chi connectivity index (χ4v) is 2.73. The van der Waals surface area contributed by atoms with Crippen molar-refractivity contribution in [3.05, 3.63) is 41.6 Å². The third kappa shape index (κ3) is 4.12. The maximum absolute atomic E-state index is 12.1.